The maximum absolute atomic E-state index is 14.3. The Balaban J connectivity index is 1.85. The van der Waals surface area contributed by atoms with E-state index in [4.69, 9.17) is 16.3 Å². The molecule has 0 unspecified atom stereocenters. The van der Waals surface area contributed by atoms with Crippen LogP contribution in [0.25, 0.3) is 0 Å². The number of carbonyl (C=O) groups excluding carboxylic acids is 1. The predicted molar refractivity (Wildman–Crippen MR) is 119 cm³/mol. The fraction of sp³-hybridized carbons (Fsp3) is 0.333. The number of methoxy groups -OCH3 is 1. The van der Waals surface area contributed by atoms with E-state index in [1.165, 1.54) is 6.20 Å². The number of ether oxygens (including phenoxy) is 2. The zero-order valence-corrected chi connectivity index (χ0v) is 19.9. The Morgan fingerprint density at radius 3 is 2.75 bits per heavy atom. The number of aliphatic imine (C=N–C) groups is 1. The lowest BCUT2D eigenvalue weighted by molar-refractivity contribution is -0.142. The van der Waals surface area contributed by atoms with Crippen molar-refractivity contribution >= 4 is 40.9 Å². The molecule has 192 valence electrons. The van der Waals surface area contributed by atoms with E-state index in [-0.39, 0.29) is 22.9 Å². The zero-order chi connectivity index (χ0) is 26.2. The van der Waals surface area contributed by atoms with Crippen LogP contribution in [0.4, 0.5) is 22.4 Å². The SMILES string of the molecule is COC(=O)OC1=C(CN2CC(F)(F)C[C@H]2C(=O)O)NC(c2nccs2)=N[C@@H]1c1ccc(F)c(F)c1Cl. The van der Waals surface area contributed by atoms with E-state index in [0.717, 1.165) is 35.5 Å². The molecule has 2 aromatic rings. The van der Waals surface area contributed by atoms with Gasteiger partial charge in [-0.15, -0.1) is 11.3 Å². The topological polar surface area (TPSA) is 113 Å². The van der Waals surface area contributed by atoms with Crippen molar-refractivity contribution in [2.45, 2.75) is 24.4 Å². The van der Waals surface area contributed by atoms with Gasteiger partial charge in [0.15, 0.2) is 28.2 Å². The van der Waals surface area contributed by atoms with Crippen molar-refractivity contribution in [3.05, 3.63) is 62.4 Å². The van der Waals surface area contributed by atoms with Crippen LogP contribution in [-0.4, -0.2) is 65.1 Å². The molecular weight excluding hydrogens is 532 g/mol. The summed E-state index contributed by atoms with van der Waals surface area (Å²) in [4.78, 5) is 33.3. The normalized spacial score (nSPS) is 21.7. The van der Waals surface area contributed by atoms with Crippen LogP contribution < -0.4 is 5.32 Å². The number of aliphatic carboxylic acids is 1. The molecule has 0 radical (unpaired) electrons. The van der Waals surface area contributed by atoms with Gasteiger partial charge in [-0.1, -0.05) is 17.7 Å². The Morgan fingerprint density at radius 1 is 1.36 bits per heavy atom. The highest BCUT2D eigenvalue weighted by atomic mass is 35.5. The lowest BCUT2D eigenvalue weighted by atomic mass is 10.0. The highest BCUT2D eigenvalue weighted by Gasteiger charge is 2.49. The molecule has 2 aliphatic rings. The molecule has 2 N–H and O–H groups in total. The van der Waals surface area contributed by atoms with Crippen molar-refractivity contribution < 1.29 is 41.7 Å². The first-order valence-electron chi connectivity index (χ1n) is 10.2. The molecule has 0 aliphatic carbocycles. The van der Waals surface area contributed by atoms with Gasteiger partial charge in [-0.25, -0.2) is 32.3 Å². The molecule has 9 nitrogen and oxygen atoms in total. The lowest BCUT2D eigenvalue weighted by Gasteiger charge is -2.30. The van der Waals surface area contributed by atoms with Crippen molar-refractivity contribution in [1.82, 2.24) is 15.2 Å². The predicted octanol–water partition coefficient (Wildman–Crippen LogP) is 3.95. The number of hydrogen-bond donors (Lipinski definition) is 2. The third-order valence-electron chi connectivity index (χ3n) is 5.44. The summed E-state index contributed by atoms with van der Waals surface area (Å²) in [6, 6.07) is -0.981. The van der Waals surface area contributed by atoms with E-state index in [0.29, 0.717) is 5.01 Å². The average Bonchev–Trinajstić information content (AvgIpc) is 3.46. The summed E-state index contributed by atoms with van der Waals surface area (Å²) in [5.74, 6) is -7.59. The number of carboxylic acids is 1. The number of carbonyl (C=O) groups is 2. The summed E-state index contributed by atoms with van der Waals surface area (Å²) in [5, 5.41) is 13.6. The second-order valence-electron chi connectivity index (χ2n) is 7.83. The van der Waals surface area contributed by atoms with E-state index in [2.05, 4.69) is 20.0 Å². The third-order valence-corrected chi connectivity index (χ3v) is 6.61. The number of alkyl halides is 2. The number of rotatable bonds is 6. The van der Waals surface area contributed by atoms with Gasteiger partial charge in [0.2, 0.25) is 0 Å². The van der Waals surface area contributed by atoms with Crippen LogP contribution in [0.5, 0.6) is 0 Å². The van der Waals surface area contributed by atoms with Gasteiger partial charge in [-0.3, -0.25) is 9.69 Å². The fourth-order valence-electron chi connectivity index (χ4n) is 3.86. The molecule has 0 amide bonds. The molecule has 4 rings (SSSR count). The first kappa shape index (κ1) is 25.9. The van der Waals surface area contributed by atoms with Crippen LogP contribution in [0.2, 0.25) is 5.02 Å². The summed E-state index contributed by atoms with van der Waals surface area (Å²) in [6.07, 6.45) is -0.675. The van der Waals surface area contributed by atoms with Crippen LogP contribution in [0.1, 0.15) is 23.0 Å². The Morgan fingerprint density at radius 2 is 2.11 bits per heavy atom. The fourth-order valence-corrected chi connectivity index (χ4v) is 4.71. The van der Waals surface area contributed by atoms with Crippen LogP contribution in [0, 0.1) is 11.6 Å². The van der Waals surface area contributed by atoms with Crippen molar-refractivity contribution in [2.75, 3.05) is 20.2 Å². The van der Waals surface area contributed by atoms with E-state index < -0.39 is 66.3 Å². The number of amidine groups is 1. The summed E-state index contributed by atoms with van der Waals surface area (Å²) >= 11 is 7.21. The molecule has 36 heavy (non-hydrogen) atoms. The molecule has 2 atom stereocenters. The van der Waals surface area contributed by atoms with E-state index in [9.17, 15) is 32.3 Å². The Bertz CT molecular complexity index is 1260. The number of nitrogens with one attached hydrogen (secondary N) is 1. The molecule has 1 fully saturated rings. The van der Waals surface area contributed by atoms with Crippen LogP contribution >= 0.6 is 22.9 Å². The van der Waals surface area contributed by atoms with E-state index >= 15 is 0 Å². The van der Waals surface area contributed by atoms with Crippen molar-refractivity contribution in [2.24, 2.45) is 4.99 Å². The van der Waals surface area contributed by atoms with Crippen molar-refractivity contribution in [3.63, 3.8) is 0 Å². The number of halogens is 5. The maximum Gasteiger partial charge on any atom is 0.513 e. The highest BCUT2D eigenvalue weighted by Crippen LogP contribution is 2.39. The molecular formula is C21H17ClF4N4O5S. The average molecular weight is 549 g/mol. The molecule has 0 bridgehead atoms. The smallest absolute Gasteiger partial charge is 0.480 e. The number of thiazole rings is 1. The van der Waals surface area contributed by atoms with Gasteiger partial charge in [0.25, 0.3) is 5.92 Å². The van der Waals surface area contributed by atoms with Gasteiger partial charge in [-0.05, 0) is 6.07 Å². The van der Waals surface area contributed by atoms with Gasteiger partial charge in [0, 0.05) is 30.1 Å². The number of benzene rings is 1. The molecule has 0 spiro atoms. The summed E-state index contributed by atoms with van der Waals surface area (Å²) < 4.78 is 66.2. The first-order chi connectivity index (χ1) is 17.0. The van der Waals surface area contributed by atoms with Gasteiger partial charge in [0.05, 0.1) is 24.4 Å². The number of carboxylic acid groups (broad SMARTS) is 1. The number of nitrogens with zero attached hydrogens (tertiary/aromatic N) is 3. The monoisotopic (exact) mass is 548 g/mol. The summed E-state index contributed by atoms with van der Waals surface area (Å²) in [7, 11) is 1.02. The third kappa shape index (κ3) is 5.15. The van der Waals surface area contributed by atoms with Crippen LogP contribution in [-0.2, 0) is 14.3 Å². The number of likely N-dealkylation sites (tertiary alicyclic amines) is 1. The van der Waals surface area contributed by atoms with Crippen molar-refractivity contribution in [1.29, 1.82) is 0 Å². The summed E-state index contributed by atoms with van der Waals surface area (Å²) in [5.41, 5.74) is -0.153. The largest absolute Gasteiger partial charge is 0.513 e. The molecule has 1 aromatic heterocycles. The van der Waals surface area contributed by atoms with Gasteiger partial charge in [-0.2, -0.15) is 0 Å². The van der Waals surface area contributed by atoms with Gasteiger partial charge >= 0.3 is 12.1 Å². The molecule has 2 aliphatic heterocycles. The minimum atomic E-state index is -3.28. The zero-order valence-electron chi connectivity index (χ0n) is 18.3. The Labute approximate surface area is 210 Å². The Kier molecular flexibility index (Phi) is 7.20. The van der Waals surface area contributed by atoms with Crippen molar-refractivity contribution in [3.8, 4) is 0 Å². The van der Waals surface area contributed by atoms with Gasteiger partial charge < -0.3 is 19.9 Å². The number of hydrogen-bond acceptors (Lipinski definition) is 9. The highest BCUT2D eigenvalue weighted by molar-refractivity contribution is 7.11. The standard InChI is InChI=1S/C21H17ClF4N4O5S/c1-34-20(33)35-16-11(7-30-8-21(25,26)6-12(30)19(31)32)28-17(18-27-4-5-36-18)29-15(16)9-2-3-10(23)14(24)13(9)22/h2-5,12,15H,6-8H2,1H3,(H,28,29)(H,31,32)/t12-,15+/m0/s1. The Hall–Kier alpha value is -3.23. The minimum Gasteiger partial charge on any atom is -0.480 e. The molecule has 15 heteroatoms. The van der Waals surface area contributed by atoms with Crippen LogP contribution in [0.15, 0.2) is 40.2 Å². The molecule has 0 saturated carbocycles. The summed E-state index contributed by atoms with van der Waals surface area (Å²) in [6.45, 7) is -1.35. The molecule has 3 heterocycles. The lowest BCUT2D eigenvalue weighted by Crippen LogP contribution is -2.43. The van der Waals surface area contributed by atoms with Crippen LogP contribution in [0.3, 0.4) is 0 Å². The van der Waals surface area contributed by atoms with E-state index in [1.807, 2.05) is 0 Å². The minimum absolute atomic E-state index is 0.0460. The van der Waals surface area contributed by atoms with E-state index in [1.54, 1.807) is 5.38 Å². The second kappa shape index (κ2) is 10.0. The quantitative estimate of drug-likeness (QED) is 0.317. The number of aromatic nitrogens is 1. The van der Waals surface area contributed by atoms with Gasteiger partial charge in [0.1, 0.15) is 12.1 Å². The molecule has 1 saturated heterocycles. The maximum atomic E-state index is 14.3. The first-order valence-corrected chi connectivity index (χ1v) is 11.5. The molecule has 1 aromatic carbocycles. The second-order valence-corrected chi connectivity index (χ2v) is 9.10.